The minimum atomic E-state index is -0.716. The van der Waals surface area contributed by atoms with E-state index in [0.29, 0.717) is 12.1 Å². The smallest absolute Gasteiger partial charge is 0.250 e. The Kier molecular flexibility index (Phi) is 4.39. The number of nitrogens with two attached hydrogens (primary N) is 1. The molecule has 6 heteroatoms. The van der Waals surface area contributed by atoms with Crippen LogP contribution in [0.3, 0.4) is 0 Å². The molecule has 110 valence electrons. The lowest BCUT2D eigenvalue weighted by molar-refractivity contribution is -0.117. The number of aromatic nitrogens is 1. The first kappa shape index (κ1) is 14.8. The van der Waals surface area contributed by atoms with E-state index in [2.05, 4.69) is 5.32 Å². The van der Waals surface area contributed by atoms with Crippen LogP contribution in [0.1, 0.15) is 5.56 Å². The number of carbonyl (C=O) groups is 1. The quantitative estimate of drug-likeness (QED) is 0.767. The van der Waals surface area contributed by atoms with E-state index in [1.54, 1.807) is 31.3 Å². The van der Waals surface area contributed by atoms with Crippen molar-refractivity contribution in [3.8, 4) is 5.75 Å². The van der Waals surface area contributed by atoms with Crippen LogP contribution in [-0.2, 0) is 18.3 Å². The average molecular weight is 287 g/mol. The summed E-state index contributed by atoms with van der Waals surface area (Å²) in [5.41, 5.74) is 7.08. The Bertz CT molecular complexity index is 692. The summed E-state index contributed by atoms with van der Waals surface area (Å²) in [5.74, 6) is -0.163. The number of pyridine rings is 1. The van der Waals surface area contributed by atoms with Crippen LogP contribution in [0.5, 0.6) is 5.75 Å². The molecule has 1 heterocycles. The first-order valence-corrected chi connectivity index (χ1v) is 6.47. The van der Waals surface area contributed by atoms with Gasteiger partial charge < -0.3 is 20.7 Å². The number of anilines is 1. The zero-order valence-electron chi connectivity index (χ0n) is 11.6. The van der Waals surface area contributed by atoms with Gasteiger partial charge in [0.2, 0.25) is 11.5 Å². The molecule has 0 aliphatic rings. The molecular weight excluding hydrogens is 270 g/mol. The Balaban J connectivity index is 2.00. The van der Waals surface area contributed by atoms with Crippen LogP contribution in [0.25, 0.3) is 0 Å². The molecule has 0 saturated carbocycles. The number of carbonyl (C=O) groups excluding carboxylic acids is 1. The fourth-order valence-electron chi connectivity index (χ4n) is 1.88. The summed E-state index contributed by atoms with van der Waals surface area (Å²) >= 11 is 0. The van der Waals surface area contributed by atoms with Gasteiger partial charge in [0.1, 0.15) is 5.75 Å². The van der Waals surface area contributed by atoms with Crippen molar-refractivity contribution < 1.29 is 9.90 Å². The predicted octanol–water partition coefficient (Wildman–Crippen LogP) is 0.599. The standard InChI is InChI=1S/C15H17N3O3/c1-18-9-11(4-7-14(18)20)17-15(21)13(16)8-10-2-5-12(19)6-3-10/h2-7,9,13,19H,8,16H2,1H3,(H,17,21)/t13-/m1/s1. The summed E-state index contributed by atoms with van der Waals surface area (Å²) in [5, 5.41) is 11.9. The first-order chi connectivity index (χ1) is 9.95. The van der Waals surface area contributed by atoms with Crippen molar-refractivity contribution in [2.24, 2.45) is 12.8 Å². The van der Waals surface area contributed by atoms with Gasteiger partial charge in [-0.2, -0.15) is 0 Å². The van der Waals surface area contributed by atoms with Crippen LogP contribution < -0.4 is 16.6 Å². The molecule has 0 unspecified atom stereocenters. The van der Waals surface area contributed by atoms with Crippen molar-refractivity contribution in [1.29, 1.82) is 0 Å². The normalized spacial score (nSPS) is 11.9. The number of phenols is 1. The Hall–Kier alpha value is -2.60. The molecule has 0 radical (unpaired) electrons. The van der Waals surface area contributed by atoms with Crippen LogP contribution in [-0.4, -0.2) is 21.6 Å². The van der Waals surface area contributed by atoms with Gasteiger partial charge in [-0.3, -0.25) is 9.59 Å². The van der Waals surface area contributed by atoms with Crippen LogP contribution in [0.4, 0.5) is 5.69 Å². The number of amides is 1. The molecule has 4 N–H and O–H groups in total. The van der Waals surface area contributed by atoms with Crippen LogP contribution in [0.2, 0.25) is 0 Å². The van der Waals surface area contributed by atoms with Crippen molar-refractivity contribution in [3.05, 3.63) is 58.5 Å². The summed E-state index contributed by atoms with van der Waals surface area (Å²) < 4.78 is 1.38. The molecule has 1 aromatic heterocycles. The van der Waals surface area contributed by atoms with Crippen molar-refractivity contribution in [2.75, 3.05) is 5.32 Å². The zero-order chi connectivity index (χ0) is 15.4. The van der Waals surface area contributed by atoms with E-state index in [0.717, 1.165) is 5.56 Å². The molecule has 1 atom stereocenters. The molecule has 0 bridgehead atoms. The maximum atomic E-state index is 12.0. The lowest BCUT2D eigenvalue weighted by Crippen LogP contribution is -2.37. The molecule has 2 rings (SSSR count). The minimum Gasteiger partial charge on any atom is -0.508 e. The molecule has 2 aromatic rings. The molecule has 0 saturated heterocycles. The van der Waals surface area contributed by atoms with E-state index in [1.807, 2.05) is 0 Å². The lowest BCUT2D eigenvalue weighted by Gasteiger charge is -2.13. The number of nitrogens with one attached hydrogen (secondary N) is 1. The van der Waals surface area contributed by atoms with Crippen molar-refractivity contribution in [3.63, 3.8) is 0 Å². The van der Waals surface area contributed by atoms with E-state index in [4.69, 9.17) is 5.73 Å². The van der Waals surface area contributed by atoms with Crippen molar-refractivity contribution >= 4 is 11.6 Å². The topological polar surface area (TPSA) is 97.3 Å². The highest BCUT2D eigenvalue weighted by Gasteiger charge is 2.14. The number of hydrogen-bond donors (Lipinski definition) is 3. The van der Waals surface area contributed by atoms with E-state index in [1.165, 1.54) is 22.9 Å². The number of aryl methyl sites for hydroxylation is 1. The van der Waals surface area contributed by atoms with Gasteiger partial charge in [-0.1, -0.05) is 12.1 Å². The highest BCUT2D eigenvalue weighted by Crippen LogP contribution is 2.11. The SMILES string of the molecule is Cn1cc(NC(=O)[C@H](N)Cc2ccc(O)cc2)ccc1=O. The van der Waals surface area contributed by atoms with Gasteiger partial charge >= 0.3 is 0 Å². The monoisotopic (exact) mass is 287 g/mol. The fraction of sp³-hybridized carbons (Fsp3) is 0.200. The average Bonchev–Trinajstić information content (AvgIpc) is 2.45. The Labute approximate surface area is 121 Å². The predicted molar refractivity (Wildman–Crippen MR) is 80.1 cm³/mol. The number of hydrogen-bond acceptors (Lipinski definition) is 4. The second-order valence-electron chi connectivity index (χ2n) is 4.83. The molecule has 1 aromatic carbocycles. The number of rotatable bonds is 4. The van der Waals surface area contributed by atoms with Gasteiger partial charge in [0.25, 0.3) is 0 Å². The van der Waals surface area contributed by atoms with E-state index >= 15 is 0 Å². The van der Waals surface area contributed by atoms with Gasteiger partial charge in [0.05, 0.1) is 11.7 Å². The maximum Gasteiger partial charge on any atom is 0.250 e. The number of nitrogens with zero attached hydrogens (tertiary/aromatic N) is 1. The Morgan fingerprint density at radius 2 is 1.95 bits per heavy atom. The Morgan fingerprint density at radius 3 is 2.57 bits per heavy atom. The number of phenolic OH excluding ortho intramolecular Hbond substituents is 1. The highest BCUT2D eigenvalue weighted by atomic mass is 16.3. The van der Waals surface area contributed by atoms with Crippen molar-refractivity contribution in [2.45, 2.75) is 12.5 Å². The fourth-order valence-corrected chi connectivity index (χ4v) is 1.88. The summed E-state index contributed by atoms with van der Waals surface area (Å²) in [7, 11) is 1.61. The third-order valence-corrected chi connectivity index (χ3v) is 3.08. The third kappa shape index (κ3) is 3.93. The van der Waals surface area contributed by atoms with Crippen LogP contribution >= 0.6 is 0 Å². The van der Waals surface area contributed by atoms with Gasteiger partial charge in [0, 0.05) is 19.3 Å². The number of aromatic hydroxyl groups is 1. The minimum absolute atomic E-state index is 0.151. The lowest BCUT2D eigenvalue weighted by atomic mass is 10.1. The van der Waals surface area contributed by atoms with E-state index in [-0.39, 0.29) is 17.2 Å². The molecule has 6 nitrogen and oxygen atoms in total. The van der Waals surface area contributed by atoms with Crippen LogP contribution in [0.15, 0.2) is 47.4 Å². The summed E-state index contributed by atoms with van der Waals surface area (Å²) in [6.45, 7) is 0. The molecular formula is C15H17N3O3. The largest absolute Gasteiger partial charge is 0.508 e. The molecule has 0 aliphatic heterocycles. The summed E-state index contributed by atoms with van der Waals surface area (Å²) in [6, 6.07) is 8.73. The summed E-state index contributed by atoms with van der Waals surface area (Å²) in [4.78, 5) is 23.3. The second kappa shape index (κ2) is 6.23. The van der Waals surface area contributed by atoms with Gasteiger partial charge in [0.15, 0.2) is 0 Å². The summed E-state index contributed by atoms with van der Waals surface area (Å²) in [6.07, 6.45) is 1.89. The molecule has 0 fully saturated rings. The van der Waals surface area contributed by atoms with E-state index < -0.39 is 6.04 Å². The molecule has 21 heavy (non-hydrogen) atoms. The van der Waals surface area contributed by atoms with Crippen molar-refractivity contribution in [1.82, 2.24) is 4.57 Å². The second-order valence-corrected chi connectivity index (χ2v) is 4.83. The van der Waals surface area contributed by atoms with Crippen LogP contribution in [0, 0.1) is 0 Å². The number of benzene rings is 1. The van der Waals surface area contributed by atoms with Gasteiger partial charge in [-0.15, -0.1) is 0 Å². The Morgan fingerprint density at radius 1 is 1.29 bits per heavy atom. The van der Waals surface area contributed by atoms with Gasteiger partial charge in [-0.25, -0.2) is 0 Å². The maximum absolute atomic E-state index is 12.0. The van der Waals surface area contributed by atoms with Gasteiger partial charge in [-0.05, 0) is 30.2 Å². The highest BCUT2D eigenvalue weighted by molar-refractivity contribution is 5.94. The molecule has 0 spiro atoms. The molecule has 0 aliphatic carbocycles. The first-order valence-electron chi connectivity index (χ1n) is 6.47. The molecule has 1 amide bonds. The zero-order valence-corrected chi connectivity index (χ0v) is 11.6. The van der Waals surface area contributed by atoms with E-state index in [9.17, 15) is 14.7 Å². The third-order valence-electron chi connectivity index (χ3n) is 3.08.